The van der Waals surface area contributed by atoms with Crippen molar-refractivity contribution in [2.24, 2.45) is 0 Å². The molecule has 1 aliphatic heterocycles. The number of carbonyl (C=O) groups is 1. The Balaban J connectivity index is 2.04. The molecule has 21 heavy (non-hydrogen) atoms. The molecule has 2 rings (SSSR count). The quantitative estimate of drug-likeness (QED) is 0.806. The number of hydrogen-bond donors (Lipinski definition) is 2. The number of rotatable bonds is 5. The zero-order chi connectivity index (χ0) is 15.2. The van der Waals surface area contributed by atoms with Crippen molar-refractivity contribution in [1.29, 1.82) is 0 Å². The first-order valence-corrected chi connectivity index (χ1v) is 7.07. The molecule has 0 spiro atoms. The van der Waals surface area contributed by atoms with Crippen LogP contribution in [-0.4, -0.2) is 39.4 Å². The van der Waals surface area contributed by atoms with E-state index >= 15 is 0 Å². The predicted molar refractivity (Wildman–Crippen MR) is 79.9 cm³/mol. The van der Waals surface area contributed by atoms with Gasteiger partial charge in [0.15, 0.2) is 11.5 Å². The molecule has 1 aliphatic rings. The Hall–Kier alpha value is -1.95. The Labute approximate surface area is 124 Å². The summed E-state index contributed by atoms with van der Waals surface area (Å²) in [5.41, 5.74) is 6.64. The molecule has 1 fully saturated rings. The van der Waals surface area contributed by atoms with Gasteiger partial charge in [-0.15, -0.1) is 0 Å². The van der Waals surface area contributed by atoms with Crippen LogP contribution in [0, 0.1) is 0 Å². The summed E-state index contributed by atoms with van der Waals surface area (Å²) < 4.78 is 15.9. The van der Waals surface area contributed by atoms with Crippen LogP contribution in [0.15, 0.2) is 12.1 Å². The summed E-state index contributed by atoms with van der Waals surface area (Å²) >= 11 is 0. The average Bonchev–Trinajstić information content (AvgIpc) is 2.53. The lowest BCUT2D eigenvalue weighted by Crippen LogP contribution is -2.35. The molecule has 1 unspecified atom stereocenters. The van der Waals surface area contributed by atoms with E-state index in [2.05, 4.69) is 5.32 Å². The summed E-state index contributed by atoms with van der Waals surface area (Å²) in [7, 11) is 3.04. The zero-order valence-corrected chi connectivity index (χ0v) is 12.5. The third-order valence-corrected chi connectivity index (χ3v) is 3.56. The molecule has 0 bridgehead atoms. The van der Waals surface area contributed by atoms with Gasteiger partial charge in [0.25, 0.3) is 5.91 Å². The summed E-state index contributed by atoms with van der Waals surface area (Å²) in [5, 5.41) is 2.86. The van der Waals surface area contributed by atoms with Crippen molar-refractivity contribution in [1.82, 2.24) is 5.32 Å². The van der Waals surface area contributed by atoms with Gasteiger partial charge in [-0.2, -0.15) is 0 Å². The highest BCUT2D eigenvalue weighted by atomic mass is 16.5. The average molecular weight is 294 g/mol. The van der Waals surface area contributed by atoms with Gasteiger partial charge in [0.05, 0.1) is 25.9 Å². The maximum atomic E-state index is 12.2. The number of amides is 1. The minimum atomic E-state index is -0.234. The van der Waals surface area contributed by atoms with E-state index in [1.807, 2.05) is 0 Å². The molecule has 6 nitrogen and oxygen atoms in total. The fourth-order valence-electron chi connectivity index (χ4n) is 2.36. The largest absolute Gasteiger partial charge is 0.493 e. The highest BCUT2D eigenvalue weighted by Crippen LogP contribution is 2.31. The van der Waals surface area contributed by atoms with Gasteiger partial charge in [-0.3, -0.25) is 4.79 Å². The van der Waals surface area contributed by atoms with Gasteiger partial charge in [-0.05, 0) is 25.3 Å². The van der Waals surface area contributed by atoms with E-state index in [-0.39, 0.29) is 12.0 Å². The Morgan fingerprint density at radius 2 is 2.05 bits per heavy atom. The molecule has 1 saturated heterocycles. The molecule has 0 saturated carbocycles. The molecule has 0 aromatic heterocycles. The fraction of sp³-hybridized carbons (Fsp3) is 0.533. The molecular weight excluding hydrogens is 272 g/mol. The first-order chi connectivity index (χ1) is 10.2. The number of carbonyl (C=O) groups excluding carboxylic acids is 1. The summed E-state index contributed by atoms with van der Waals surface area (Å²) in [6.45, 7) is 1.26. The van der Waals surface area contributed by atoms with Crippen LogP contribution in [0.5, 0.6) is 11.5 Å². The maximum absolute atomic E-state index is 12.2. The lowest BCUT2D eigenvalue weighted by molar-refractivity contribution is 0.0169. The molecule has 3 N–H and O–H groups in total. The summed E-state index contributed by atoms with van der Waals surface area (Å²) in [6.07, 6.45) is 3.29. The van der Waals surface area contributed by atoms with Crippen LogP contribution in [0.2, 0.25) is 0 Å². The number of anilines is 1. The topological polar surface area (TPSA) is 82.8 Å². The summed E-state index contributed by atoms with van der Waals surface area (Å²) in [6, 6.07) is 3.18. The summed E-state index contributed by atoms with van der Waals surface area (Å²) in [4.78, 5) is 12.2. The SMILES string of the molecule is COc1cc(N)c(C(=O)NCC2CCCCO2)cc1OC. The number of nitrogens with two attached hydrogens (primary N) is 1. The fourth-order valence-corrected chi connectivity index (χ4v) is 2.36. The molecule has 1 aromatic carbocycles. The third-order valence-electron chi connectivity index (χ3n) is 3.56. The monoisotopic (exact) mass is 294 g/mol. The molecule has 1 atom stereocenters. The van der Waals surface area contributed by atoms with Crippen LogP contribution in [0.1, 0.15) is 29.6 Å². The van der Waals surface area contributed by atoms with Gasteiger partial charge in [0.2, 0.25) is 0 Å². The minimum Gasteiger partial charge on any atom is -0.493 e. The summed E-state index contributed by atoms with van der Waals surface area (Å²) in [5.74, 6) is 0.746. The van der Waals surface area contributed by atoms with Gasteiger partial charge < -0.3 is 25.3 Å². The van der Waals surface area contributed by atoms with Crippen molar-refractivity contribution in [3.8, 4) is 11.5 Å². The van der Waals surface area contributed by atoms with Crippen LogP contribution in [-0.2, 0) is 4.74 Å². The molecule has 1 amide bonds. The zero-order valence-electron chi connectivity index (χ0n) is 12.5. The van der Waals surface area contributed by atoms with Crippen LogP contribution in [0.4, 0.5) is 5.69 Å². The van der Waals surface area contributed by atoms with E-state index in [4.69, 9.17) is 19.9 Å². The highest BCUT2D eigenvalue weighted by molar-refractivity contribution is 6.00. The van der Waals surface area contributed by atoms with Gasteiger partial charge in [-0.1, -0.05) is 0 Å². The van der Waals surface area contributed by atoms with Crippen molar-refractivity contribution in [3.63, 3.8) is 0 Å². The normalized spacial score (nSPS) is 18.1. The first-order valence-electron chi connectivity index (χ1n) is 7.07. The van der Waals surface area contributed by atoms with Gasteiger partial charge in [0.1, 0.15) is 0 Å². The van der Waals surface area contributed by atoms with E-state index in [0.717, 1.165) is 25.9 Å². The van der Waals surface area contributed by atoms with E-state index in [1.54, 1.807) is 12.1 Å². The molecule has 0 aliphatic carbocycles. The second kappa shape index (κ2) is 7.17. The number of hydrogen-bond acceptors (Lipinski definition) is 5. The van der Waals surface area contributed by atoms with Crippen molar-refractivity contribution in [2.45, 2.75) is 25.4 Å². The first kappa shape index (κ1) is 15.4. The van der Waals surface area contributed by atoms with Crippen LogP contribution < -0.4 is 20.5 Å². The van der Waals surface area contributed by atoms with Crippen molar-refractivity contribution >= 4 is 11.6 Å². The van der Waals surface area contributed by atoms with E-state index in [9.17, 15) is 4.79 Å². The highest BCUT2D eigenvalue weighted by Gasteiger charge is 2.18. The molecule has 1 heterocycles. The maximum Gasteiger partial charge on any atom is 0.253 e. The second-order valence-corrected chi connectivity index (χ2v) is 4.99. The smallest absolute Gasteiger partial charge is 0.253 e. The van der Waals surface area contributed by atoms with E-state index < -0.39 is 0 Å². The number of nitrogen functional groups attached to an aromatic ring is 1. The number of benzene rings is 1. The Morgan fingerprint density at radius 1 is 1.33 bits per heavy atom. The van der Waals surface area contributed by atoms with Crippen LogP contribution in [0.3, 0.4) is 0 Å². The van der Waals surface area contributed by atoms with Crippen molar-refractivity contribution in [2.75, 3.05) is 33.1 Å². The van der Waals surface area contributed by atoms with Gasteiger partial charge in [-0.25, -0.2) is 0 Å². The second-order valence-electron chi connectivity index (χ2n) is 4.99. The molecule has 6 heteroatoms. The van der Waals surface area contributed by atoms with Crippen molar-refractivity contribution < 1.29 is 19.0 Å². The number of methoxy groups -OCH3 is 2. The third kappa shape index (κ3) is 3.78. The predicted octanol–water partition coefficient (Wildman–Crippen LogP) is 1.58. The Bertz CT molecular complexity index is 499. The number of nitrogens with one attached hydrogen (secondary N) is 1. The molecular formula is C15H22N2O4. The Morgan fingerprint density at radius 3 is 2.67 bits per heavy atom. The van der Waals surface area contributed by atoms with Crippen LogP contribution in [0.25, 0.3) is 0 Å². The minimum absolute atomic E-state index is 0.0871. The Kier molecular flexibility index (Phi) is 5.27. The van der Waals surface area contributed by atoms with Crippen LogP contribution >= 0.6 is 0 Å². The molecule has 1 aromatic rings. The lowest BCUT2D eigenvalue weighted by atomic mass is 10.1. The van der Waals surface area contributed by atoms with E-state index in [0.29, 0.717) is 29.3 Å². The van der Waals surface area contributed by atoms with Gasteiger partial charge in [0, 0.05) is 24.9 Å². The molecule has 0 radical (unpaired) electrons. The standard InChI is InChI=1S/C15H22N2O4/c1-19-13-7-11(12(16)8-14(13)20-2)15(18)17-9-10-5-3-4-6-21-10/h7-8,10H,3-6,9,16H2,1-2H3,(H,17,18). The lowest BCUT2D eigenvalue weighted by Gasteiger charge is -2.23. The van der Waals surface area contributed by atoms with E-state index in [1.165, 1.54) is 14.2 Å². The van der Waals surface area contributed by atoms with Gasteiger partial charge >= 0.3 is 0 Å². The van der Waals surface area contributed by atoms with Crippen molar-refractivity contribution in [3.05, 3.63) is 17.7 Å². The number of ether oxygens (including phenoxy) is 3. The molecule has 116 valence electrons.